The highest BCUT2D eigenvalue weighted by atomic mass is 16.5. The fourth-order valence-electron chi connectivity index (χ4n) is 5.22. The van der Waals surface area contributed by atoms with E-state index in [0.29, 0.717) is 26.2 Å². The van der Waals surface area contributed by atoms with Crippen LogP contribution in [0.1, 0.15) is 47.0 Å². The van der Waals surface area contributed by atoms with Crippen LogP contribution in [0.3, 0.4) is 0 Å². The predicted molar refractivity (Wildman–Crippen MR) is 141 cm³/mol. The number of urea groups is 1. The van der Waals surface area contributed by atoms with E-state index in [-0.39, 0.29) is 29.9 Å². The van der Waals surface area contributed by atoms with Crippen molar-refractivity contribution in [2.24, 2.45) is 5.41 Å². The number of likely N-dealkylation sites (tertiary alicyclic amines) is 2. The minimum atomic E-state index is -0.691. The minimum absolute atomic E-state index is 0.0115. The van der Waals surface area contributed by atoms with Crippen LogP contribution in [0.4, 0.5) is 10.5 Å². The maximum atomic E-state index is 13.3. The van der Waals surface area contributed by atoms with Crippen molar-refractivity contribution in [3.8, 4) is 0 Å². The van der Waals surface area contributed by atoms with E-state index < -0.39 is 11.6 Å². The van der Waals surface area contributed by atoms with Gasteiger partial charge in [-0.1, -0.05) is 36.4 Å². The summed E-state index contributed by atoms with van der Waals surface area (Å²) in [6.45, 7) is 9.96. The number of carbonyl (C=O) groups is 3. The molecule has 2 aliphatic heterocycles. The molecule has 1 atom stereocenters. The highest BCUT2D eigenvalue weighted by molar-refractivity contribution is 6.01. The third-order valence-electron chi connectivity index (χ3n) is 7.25. The van der Waals surface area contributed by atoms with E-state index >= 15 is 0 Å². The summed E-state index contributed by atoms with van der Waals surface area (Å²) in [5.41, 5.74) is 0.428. The maximum absolute atomic E-state index is 13.3. The standard InChI is InChI=1S/C28H38N4O4/c1-20(33)29-24(18-36-27(2,3)4)25(34)32-17-14-28(19-32)12-15-31(16-13-28)26(35)30-23-11-7-9-21-8-5-6-10-22(21)23/h5-11,24H,12-19H2,1-4H3,(H,29,33)(H,30,35). The Labute approximate surface area is 213 Å². The molecule has 0 aliphatic carbocycles. The van der Waals surface area contributed by atoms with Crippen LogP contribution in [-0.2, 0) is 14.3 Å². The monoisotopic (exact) mass is 494 g/mol. The van der Waals surface area contributed by atoms with Gasteiger partial charge in [0.1, 0.15) is 6.04 Å². The average Bonchev–Trinajstić information content (AvgIpc) is 3.24. The summed E-state index contributed by atoms with van der Waals surface area (Å²) in [7, 11) is 0. The smallest absolute Gasteiger partial charge is 0.321 e. The van der Waals surface area contributed by atoms with Gasteiger partial charge in [0.15, 0.2) is 0 Å². The van der Waals surface area contributed by atoms with Crippen LogP contribution in [0.15, 0.2) is 42.5 Å². The molecular weight excluding hydrogens is 456 g/mol. The fourth-order valence-corrected chi connectivity index (χ4v) is 5.22. The van der Waals surface area contributed by atoms with Gasteiger partial charge in [0.05, 0.1) is 17.9 Å². The van der Waals surface area contributed by atoms with Crippen molar-refractivity contribution in [1.29, 1.82) is 0 Å². The molecule has 0 radical (unpaired) electrons. The van der Waals surface area contributed by atoms with E-state index in [0.717, 1.165) is 35.7 Å². The lowest BCUT2D eigenvalue weighted by atomic mass is 9.78. The minimum Gasteiger partial charge on any atom is -0.373 e. The number of rotatable bonds is 5. The van der Waals surface area contributed by atoms with E-state index in [2.05, 4.69) is 10.6 Å². The molecule has 2 aromatic rings. The number of amides is 4. The van der Waals surface area contributed by atoms with Crippen molar-refractivity contribution < 1.29 is 19.1 Å². The number of piperidine rings is 1. The second-order valence-electron chi connectivity index (χ2n) is 11.1. The molecule has 36 heavy (non-hydrogen) atoms. The van der Waals surface area contributed by atoms with Crippen molar-refractivity contribution in [3.63, 3.8) is 0 Å². The molecule has 1 spiro atoms. The first-order valence-corrected chi connectivity index (χ1v) is 12.8. The van der Waals surface area contributed by atoms with Crippen LogP contribution in [0, 0.1) is 5.41 Å². The Bertz CT molecular complexity index is 1110. The number of hydrogen-bond donors (Lipinski definition) is 2. The number of carbonyl (C=O) groups excluding carboxylic acids is 3. The number of anilines is 1. The van der Waals surface area contributed by atoms with Crippen LogP contribution in [-0.4, -0.2) is 72.1 Å². The first-order valence-electron chi connectivity index (χ1n) is 12.8. The summed E-state index contributed by atoms with van der Waals surface area (Å²) in [6, 6.07) is 13.2. The molecule has 2 heterocycles. The van der Waals surface area contributed by atoms with Gasteiger partial charge in [0.25, 0.3) is 0 Å². The first-order chi connectivity index (χ1) is 17.1. The Kier molecular flexibility index (Phi) is 7.54. The van der Waals surface area contributed by atoms with Gasteiger partial charge in [-0.15, -0.1) is 0 Å². The van der Waals surface area contributed by atoms with Gasteiger partial charge in [-0.2, -0.15) is 0 Å². The fraction of sp³-hybridized carbons (Fsp3) is 0.536. The number of hydrogen-bond acceptors (Lipinski definition) is 4. The molecule has 4 rings (SSSR count). The molecule has 0 saturated carbocycles. The van der Waals surface area contributed by atoms with Gasteiger partial charge in [-0.05, 0) is 56.9 Å². The molecule has 8 nitrogen and oxygen atoms in total. The van der Waals surface area contributed by atoms with Gasteiger partial charge in [-0.25, -0.2) is 4.79 Å². The largest absolute Gasteiger partial charge is 0.373 e. The van der Waals surface area contributed by atoms with E-state index in [1.165, 1.54) is 6.92 Å². The lowest BCUT2D eigenvalue weighted by Crippen LogP contribution is -2.52. The summed E-state index contributed by atoms with van der Waals surface area (Å²) < 4.78 is 5.81. The number of fused-ring (bicyclic) bond motifs is 1. The summed E-state index contributed by atoms with van der Waals surface area (Å²) in [6.07, 6.45) is 2.61. The molecule has 194 valence electrons. The molecule has 4 amide bonds. The molecular formula is C28H38N4O4. The summed E-state index contributed by atoms with van der Waals surface area (Å²) in [5, 5.41) is 7.97. The predicted octanol–water partition coefficient (Wildman–Crippen LogP) is 4.01. The van der Waals surface area contributed by atoms with Crippen LogP contribution in [0.25, 0.3) is 10.8 Å². The molecule has 2 aromatic carbocycles. The zero-order chi connectivity index (χ0) is 25.9. The quantitative estimate of drug-likeness (QED) is 0.657. The van der Waals surface area contributed by atoms with E-state index in [1.54, 1.807) is 0 Å². The van der Waals surface area contributed by atoms with Crippen LogP contribution in [0.2, 0.25) is 0 Å². The van der Waals surface area contributed by atoms with Crippen LogP contribution < -0.4 is 10.6 Å². The second kappa shape index (κ2) is 10.5. The summed E-state index contributed by atoms with van der Waals surface area (Å²) in [4.78, 5) is 41.7. The van der Waals surface area contributed by atoms with Crippen molar-refractivity contribution >= 4 is 34.3 Å². The molecule has 2 fully saturated rings. The van der Waals surface area contributed by atoms with Crippen LogP contribution in [0.5, 0.6) is 0 Å². The van der Waals surface area contributed by atoms with Gasteiger partial charge in [0.2, 0.25) is 11.8 Å². The zero-order valence-corrected chi connectivity index (χ0v) is 21.8. The highest BCUT2D eigenvalue weighted by Gasteiger charge is 2.44. The molecule has 2 N–H and O–H groups in total. The van der Waals surface area contributed by atoms with Gasteiger partial charge in [-0.3, -0.25) is 9.59 Å². The molecule has 0 aromatic heterocycles. The van der Waals surface area contributed by atoms with Gasteiger partial charge >= 0.3 is 6.03 Å². The Morgan fingerprint density at radius 2 is 1.61 bits per heavy atom. The SMILES string of the molecule is CC(=O)NC(COC(C)(C)C)C(=O)N1CCC2(CCN(C(=O)Nc3cccc4ccccc34)CC2)C1. The van der Waals surface area contributed by atoms with E-state index in [1.807, 2.05) is 73.0 Å². The van der Waals surface area contributed by atoms with E-state index in [4.69, 9.17) is 4.74 Å². The lowest BCUT2D eigenvalue weighted by molar-refractivity contribution is -0.139. The molecule has 8 heteroatoms. The topological polar surface area (TPSA) is 91.0 Å². The number of nitrogens with one attached hydrogen (secondary N) is 2. The summed E-state index contributed by atoms with van der Waals surface area (Å²) >= 11 is 0. The van der Waals surface area contributed by atoms with Crippen LogP contribution >= 0.6 is 0 Å². The zero-order valence-electron chi connectivity index (χ0n) is 21.8. The Hall–Kier alpha value is -3.13. The Morgan fingerprint density at radius 3 is 2.28 bits per heavy atom. The first kappa shape index (κ1) is 25.9. The number of nitrogens with zero attached hydrogens (tertiary/aromatic N) is 2. The molecule has 2 saturated heterocycles. The number of ether oxygens (including phenoxy) is 1. The van der Waals surface area contributed by atoms with Crippen molar-refractivity contribution in [1.82, 2.24) is 15.1 Å². The molecule has 2 aliphatic rings. The Balaban J connectivity index is 1.33. The second-order valence-corrected chi connectivity index (χ2v) is 11.1. The van der Waals surface area contributed by atoms with Crippen molar-refractivity contribution in [3.05, 3.63) is 42.5 Å². The average molecular weight is 495 g/mol. The Morgan fingerprint density at radius 1 is 0.972 bits per heavy atom. The van der Waals surface area contributed by atoms with Gasteiger partial charge in [0, 0.05) is 38.5 Å². The highest BCUT2D eigenvalue weighted by Crippen LogP contribution is 2.40. The van der Waals surface area contributed by atoms with Gasteiger partial charge < -0.3 is 25.2 Å². The molecule has 0 bridgehead atoms. The van der Waals surface area contributed by atoms with Crippen molar-refractivity contribution in [2.45, 2.75) is 58.6 Å². The van der Waals surface area contributed by atoms with E-state index in [9.17, 15) is 14.4 Å². The lowest BCUT2D eigenvalue weighted by Gasteiger charge is -2.39. The normalized spacial score (nSPS) is 18.3. The third kappa shape index (κ3) is 6.16. The molecule has 1 unspecified atom stereocenters. The summed E-state index contributed by atoms with van der Waals surface area (Å²) in [5.74, 6) is -0.340. The van der Waals surface area contributed by atoms with Crippen molar-refractivity contribution in [2.75, 3.05) is 38.1 Å². The number of benzene rings is 2. The maximum Gasteiger partial charge on any atom is 0.321 e. The third-order valence-corrected chi connectivity index (χ3v) is 7.25.